The normalized spacial score (nSPS) is 10.4. The molecule has 1 heterocycles. The lowest BCUT2D eigenvalue weighted by Crippen LogP contribution is -2.34. The quantitative estimate of drug-likeness (QED) is 0.576. The first-order chi connectivity index (χ1) is 13.2. The van der Waals surface area contributed by atoms with Crippen LogP contribution >= 0.6 is 11.8 Å². The molecule has 3 rings (SSSR count). The summed E-state index contributed by atoms with van der Waals surface area (Å²) in [6.07, 6.45) is 0.101. The molecular formula is C19H15FN4O2S. The fourth-order valence-electron chi connectivity index (χ4n) is 2.38. The van der Waals surface area contributed by atoms with E-state index < -0.39 is 5.82 Å². The highest BCUT2D eigenvalue weighted by Crippen LogP contribution is 2.25. The van der Waals surface area contributed by atoms with Crippen LogP contribution in [-0.4, -0.2) is 28.4 Å². The molecule has 1 aromatic heterocycles. The Hall–Kier alpha value is -3.18. The van der Waals surface area contributed by atoms with Gasteiger partial charge < -0.3 is 9.32 Å². The number of para-hydroxylation sites is 1. The topological polar surface area (TPSA) is 83.0 Å². The number of amides is 1. The van der Waals surface area contributed by atoms with Crippen molar-refractivity contribution in [1.82, 2.24) is 10.2 Å². The van der Waals surface area contributed by atoms with E-state index in [1.165, 1.54) is 17.0 Å². The number of hydrogen-bond acceptors (Lipinski definition) is 6. The molecular weight excluding hydrogens is 367 g/mol. The number of nitrogens with zero attached hydrogens (tertiary/aromatic N) is 4. The van der Waals surface area contributed by atoms with Crippen molar-refractivity contribution in [2.45, 2.75) is 11.6 Å². The predicted octanol–water partition coefficient (Wildman–Crippen LogP) is 3.91. The largest absolute Gasteiger partial charge is 0.411 e. The third-order valence-corrected chi connectivity index (χ3v) is 4.44. The van der Waals surface area contributed by atoms with Gasteiger partial charge in [-0.25, -0.2) is 4.39 Å². The molecule has 2 aromatic carbocycles. The van der Waals surface area contributed by atoms with Gasteiger partial charge in [0.25, 0.3) is 5.22 Å². The van der Waals surface area contributed by atoms with Gasteiger partial charge in [-0.1, -0.05) is 42.1 Å². The molecule has 0 radical (unpaired) electrons. The van der Waals surface area contributed by atoms with E-state index in [4.69, 9.17) is 9.68 Å². The van der Waals surface area contributed by atoms with Crippen molar-refractivity contribution >= 4 is 23.4 Å². The fourth-order valence-corrected chi connectivity index (χ4v) is 3.02. The van der Waals surface area contributed by atoms with Crippen molar-refractivity contribution in [1.29, 1.82) is 5.26 Å². The number of carbonyl (C=O) groups excluding carboxylic acids is 1. The lowest BCUT2D eigenvalue weighted by atomic mass is 10.2. The molecule has 0 spiro atoms. The number of thioether (sulfide) groups is 1. The summed E-state index contributed by atoms with van der Waals surface area (Å²) in [5.74, 6) is -0.519. The summed E-state index contributed by atoms with van der Waals surface area (Å²) in [6, 6.07) is 17.2. The maximum atomic E-state index is 14.1. The molecule has 0 unspecified atom stereocenters. The van der Waals surface area contributed by atoms with Gasteiger partial charge in [-0.15, -0.1) is 10.2 Å². The van der Waals surface area contributed by atoms with E-state index in [1.807, 2.05) is 36.4 Å². The molecule has 6 nitrogen and oxygen atoms in total. The molecule has 0 fully saturated rings. The van der Waals surface area contributed by atoms with Crippen molar-refractivity contribution in [3.63, 3.8) is 0 Å². The summed E-state index contributed by atoms with van der Waals surface area (Å²) in [7, 11) is 0. The SMILES string of the molecule is N#CCCN(C(=O)CSc1nnc(-c2ccccc2)o1)c1ccccc1F. The highest BCUT2D eigenvalue weighted by atomic mass is 32.2. The first kappa shape index (κ1) is 18.6. The van der Waals surface area contributed by atoms with E-state index in [0.29, 0.717) is 5.89 Å². The predicted molar refractivity (Wildman–Crippen MR) is 99.4 cm³/mol. The molecule has 0 aliphatic heterocycles. The van der Waals surface area contributed by atoms with Crippen molar-refractivity contribution in [3.8, 4) is 17.5 Å². The van der Waals surface area contributed by atoms with Gasteiger partial charge >= 0.3 is 0 Å². The van der Waals surface area contributed by atoms with E-state index >= 15 is 0 Å². The number of nitriles is 1. The summed E-state index contributed by atoms with van der Waals surface area (Å²) >= 11 is 1.07. The van der Waals surface area contributed by atoms with Crippen LogP contribution in [-0.2, 0) is 4.79 Å². The van der Waals surface area contributed by atoms with E-state index in [-0.39, 0.29) is 35.5 Å². The van der Waals surface area contributed by atoms with Gasteiger partial charge in [-0.3, -0.25) is 4.79 Å². The second-order valence-corrected chi connectivity index (χ2v) is 6.36. The Morgan fingerprint density at radius 2 is 1.89 bits per heavy atom. The molecule has 0 bridgehead atoms. The summed E-state index contributed by atoms with van der Waals surface area (Å²) < 4.78 is 19.6. The van der Waals surface area contributed by atoms with E-state index in [9.17, 15) is 9.18 Å². The Morgan fingerprint density at radius 3 is 2.63 bits per heavy atom. The molecule has 136 valence electrons. The zero-order valence-electron chi connectivity index (χ0n) is 14.2. The minimum atomic E-state index is -0.516. The van der Waals surface area contributed by atoms with E-state index in [0.717, 1.165) is 17.3 Å². The average molecular weight is 382 g/mol. The Morgan fingerprint density at radius 1 is 1.15 bits per heavy atom. The van der Waals surface area contributed by atoms with Crippen molar-refractivity contribution in [2.75, 3.05) is 17.2 Å². The third-order valence-electron chi connectivity index (χ3n) is 3.64. The van der Waals surface area contributed by atoms with Crippen LogP contribution in [0.1, 0.15) is 6.42 Å². The van der Waals surface area contributed by atoms with Crippen LogP contribution in [0, 0.1) is 17.1 Å². The molecule has 1 amide bonds. The Bertz CT molecular complexity index is 956. The number of hydrogen-bond donors (Lipinski definition) is 0. The van der Waals surface area contributed by atoms with Gasteiger partial charge in [0.2, 0.25) is 11.8 Å². The lowest BCUT2D eigenvalue weighted by Gasteiger charge is -2.21. The molecule has 27 heavy (non-hydrogen) atoms. The van der Waals surface area contributed by atoms with Gasteiger partial charge in [0, 0.05) is 12.1 Å². The van der Waals surface area contributed by atoms with Gasteiger partial charge in [-0.2, -0.15) is 5.26 Å². The number of benzene rings is 2. The summed E-state index contributed by atoms with van der Waals surface area (Å²) in [5, 5.41) is 16.9. The molecule has 0 N–H and O–H groups in total. The maximum Gasteiger partial charge on any atom is 0.277 e. The van der Waals surface area contributed by atoms with Gasteiger partial charge in [0.1, 0.15) is 5.82 Å². The lowest BCUT2D eigenvalue weighted by molar-refractivity contribution is -0.116. The standard InChI is InChI=1S/C19H15FN4O2S/c20-15-9-4-5-10-16(15)24(12-6-11-21)17(25)13-27-19-23-22-18(26-19)14-7-2-1-3-8-14/h1-5,7-10H,6,12-13H2. The number of carbonyl (C=O) groups is 1. The second kappa shape index (κ2) is 8.96. The zero-order chi connectivity index (χ0) is 19.1. The molecule has 0 aliphatic rings. The minimum absolute atomic E-state index is 0.0177. The van der Waals surface area contributed by atoms with Crippen LogP contribution in [0.5, 0.6) is 0 Å². The smallest absolute Gasteiger partial charge is 0.277 e. The van der Waals surface area contributed by atoms with E-state index in [2.05, 4.69) is 10.2 Å². The Kier molecular flexibility index (Phi) is 6.18. The number of anilines is 1. The summed E-state index contributed by atoms with van der Waals surface area (Å²) in [4.78, 5) is 13.9. The van der Waals surface area contributed by atoms with Crippen molar-refractivity contribution in [2.24, 2.45) is 0 Å². The first-order valence-corrected chi connectivity index (χ1v) is 9.11. The van der Waals surface area contributed by atoms with Crippen LogP contribution in [0.3, 0.4) is 0 Å². The molecule has 3 aromatic rings. The fraction of sp³-hybridized carbons (Fsp3) is 0.158. The molecule has 0 saturated carbocycles. The van der Waals surface area contributed by atoms with E-state index in [1.54, 1.807) is 12.1 Å². The van der Waals surface area contributed by atoms with Crippen LogP contribution < -0.4 is 4.90 Å². The highest BCUT2D eigenvalue weighted by Gasteiger charge is 2.20. The maximum absolute atomic E-state index is 14.1. The van der Waals surface area contributed by atoms with Crippen LogP contribution in [0.2, 0.25) is 0 Å². The monoisotopic (exact) mass is 382 g/mol. The van der Waals surface area contributed by atoms with Crippen LogP contribution in [0.25, 0.3) is 11.5 Å². The first-order valence-electron chi connectivity index (χ1n) is 8.12. The van der Waals surface area contributed by atoms with Crippen molar-refractivity contribution < 1.29 is 13.6 Å². The van der Waals surface area contributed by atoms with Crippen molar-refractivity contribution in [3.05, 3.63) is 60.4 Å². The van der Waals surface area contributed by atoms with Crippen LogP contribution in [0.15, 0.2) is 64.2 Å². The average Bonchev–Trinajstić information content (AvgIpc) is 3.18. The zero-order valence-corrected chi connectivity index (χ0v) is 15.0. The number of aromatic nitrogens is 2. The Balaban J connectivity index is 1.69. The molecule has 8 heteroatoms. The molecule has 0 atom stereocenters. The minimum Gasteiger partial charge on any atom is -0.411 e. The summed E-state index contributed by atoms with van der Waals surface area (Å²) in [6.45, 7) is 0.107. The number of rotatable bonds is 7. The van der Waals surface area contributed by atoms with Gasteiger partial charge in [-0.05, 0) is 24.3 Å². The third kappa shape index (κ3) is 4.71. The highest BCUT2D eigenvalue weighted by molar-refractivity contribution is 7.99. The number of halogens is 1. The van der Waals surface area contributed by atoms with Gasteiger partial charge in [0.15, 0.2) is 0 Å². The Labute approximate surface area is 159 Å². The summed E-state index contributed by atoms with van der Waals surface area (Å²) in [5.41, 5.74) is 0.930. The second-order valence-electron chi connectivity index (χ2n) is 5.43. The van der Waals surface area contributed by atoms with Crippen LogP contribution in [0.4, 0.5) is 10.1 Å². The molecule has 0 saturated heterocycles. The van der Waals surface area contributed by atoms with Gasteiger partial charge in [0.05, 0.1) is 23.9 Å². The molecule has 0 aliphatic carbocycles.